The second kappa shape index (κ2) is 4.06. The molecule has 2 heteroatoms. The van der Waals surface area contributed by atoms with Gasteiger partial charge in [-0.2, -0.15) is 0 Å². The Hall–Kier alpha value is -0.110. The molecule has 0 aliphatic heterocycles. The largest absolute Gasteiger partial charge is 0.278 e. The van der Waals surface area contributed by atoms with Crippen LogP contribution in [0.1, 0.15) is 6.92 Å². The first-order valence-corrected chi connectivity index (χ1v) is 2.93. The number of hydrogen-bond donors (Lipinski definition) is 0. The highest BCUT2D eigenvalue weighted by molar-refractivity contribution is 9.18. The fourth-order valence-corrected chi connectivity index (χ4v) is 0.466. The van der Waals surface area contributed by atoms with Gasteiger partial charge in [-0.25, -0.2) is 0 Å². The summed E-state index contributed by atoms with van der Waals surface area (Å²) in [6, 6.07) is 0. The topological polar surface area (TPSA) is 12.4 Å². The van der Waals surface area contributed by atoms with Gasteiger partial charge < -0.3 is 0 Å². The molecule has 7 heavy (non-hydrogen) atoms. The monoisotopic (exact) mass is 161 g/mol. The Morgan fingerprint density at radius 3 is 2.71 bits per heavy atom. The van der Waals surface area contributed by atoms with Gasteiger partial charge in [0.1, 0.15) is 0 Å². The third-order valence-electron chi connectivity index (χ3n) is 0.478. The highest BCUT2D eigenvalue weighted by atomic mass is 79.9. The van der Waals surface area contributed by atoms with Crippen molar-refractivity contribution in [2.24, 2.45) is 4.99 Å². The van der Waals surface area contributed by atoms with Crippen LogP contribution in [-0.2, 0) is 0 Å². The van der Waals surface area contributed by atoms with Crippen molar-refractivity contribution in [3.05, 3.63) is 12.7 Å². The molecule has 0 saturated carbocycles. The molecule has 1 nitrogen and oxygen atoms in total. The average molecular weight is 162 g/mol. The van der Waals surface area contributed by atoms with E-state index in [-0.39, 0.29) is 0 Å². The van der Waals surface area contributed by atoms with E-state index in [1.807, 2.05) is 6.92 Å². The van der Waals surface area contributed by atoms with Crippen LogP contribution in [0.4, 0.5) is 0 Å². The molecule has 0 atom stereocenters. The van der Waals surface area contributed by atoms with Gasteiger partial charge in [0, 0.05) is 6.54 Å². The lowest BCUT2D eigenvalue weighted by Gasteiger charge is -1.81. The van der Waals surface area contributed by atoms with Crippen LogP contribution < -0.4 is 0 Å². The van der Waals surface area contributed by atoms with E-state index in [1.165, 1.54) is 0 Å². The fourth-order valence-electron chi connectivity index (χ4n) is 0.216. The minimum atomic E-state index is 0.812. The van der Waals surface area contributed by atoms with Crippen LogP contribution in [0.3, 0.4) is 0 Å². The van der Waals surface area contributed by atoms with Gasteiger partial charge in [-0.1, -0.05) is 6.58 Å². The van der Waals surface area contributed by atoms with Gasteiger partial charge in [-0.3, -0.25) is 4.99 Å². The molecular formula is C5H8BrN. The normalized spacial score (nSPS) is 11.4. The van der Waals surface area contributed by atoms with E-state index in [9.17, 15) is 0 Å². The number of halogens is 1. The van der Waals surface area contributed by atoms with Crippen molar-refractivity contribution >= 4 is 20.6 Å². The number of aliphatic imine (C=N–C) groups is 1. The van der Waals surface area contributed by atoms with Crippen LogP contribution in [0.15, 0.2) is 17.6 Å². The summed E-state index contributed by atoms with van der Waals surface area (Å²) >= 11 is 3.17. The fraction of sp³-hybridized carbons (Fsp3) is 0.400. The van der Waals surface area contributed by atoms with Crippen molar-refractivity contribution in [2.45, 2.75) is 6.92 Å². The first-order chi connectivity index (χ1) is 3.31. The van der Waals surface area contributed by atoms with E-state index < -0.39 is 0 Å². The Labute approximate surface area is 52.3 Å². The molecular weight excluding hydrogens is 154 g/mol. The molecule has 0 amide bonds. The molecule has 0 heterocycles. The van der Waals surface area contributed by atoms with Crippen molar-refractivity contribution < 1.29 is 0 Å². The van der Waals surface area contributed by atoms with E-state index in [2.05, 4.69) is 27.5 Å². The zero-order valence-electron chi connectivity index (χ0n) is 4.32. The molecule has 0 fully saturated rings. The smallest absolute Gasteiger partial charge is 0.0994 e. The highest BCUT2D eigenvalue weighted by Gasteiger charge is 1.75. The summed E-state index contributed by atoms with van der Waals surface area (Å²) in [7, 11) is 0. The molecule has 0 N–H and O–H groups in total. The first kappa shape index (κ1) is 6.89. The summed E-state index contributed by atoms with van der Waals surface area (Å²) in [5, 5.41) is 0. The molecule has 0 saturated heterocycles. The predicted octanol–water partition coefficient (Wildman–Crippen LogP) is 1.99. The summed E-state index contributed by atoms with van der Waals surface area (Å²) in [5.41, 5.74) is 0. The zero-order valence-corrected chi connectivity index (χ0v) is 5.90. The van der Waals surface area contributed by atoms with Crippen LogP contribution in [-0.4, -0.2) is 11.2 Å². The van der Waals surface area contributed by atoms with Gasteiger partial charge in [0.15, 0.2) is 0 Å². The van der Waals surface area contributed by atoms with Gasteiger partial charge >= 0.3 is 0 Å². The second-order valence-corrected chi connectivity index (χ2v) is 1.81. The third kappa shape index (κ3) is 3.73. The minimum Gasteiger partial charge on any atom is -0.278 e. The summed E-state index contributed by atoms with van der Waals surface area (Å²) in [6.07, 6.45) is 1.67. The van der Waals surface area contributed by atoms with Crippen molar-refractivity contribution in [3.63, 3.8) is 0 Å². The van der Waals surface area contributed by atoms with E-state index in [1.54, 1.807) is 6.08 Å². The maximum Gasteiger partial charge on any atom is 0.0994 e. The Bertz CT molecular complexity index is 86.1. The Balaban J connectivity index is 3.49. The lowest BCUT2D eigenvalue weighted by molar-refractivity contribution is 1.14. The number of nitrogens with zero attached hydrogens (tertiary/aromatic N) is 1. The first-order valence-electron chi connectivity index (χ1n) is 2.13. The maximum atomic E-state index is 3.96. The molecule has 0 unspecified atom stereocenters. The predicted molar refractivity (Wildman–Crippen MR) is 37.1 cm³/mol. The Kier molecular flexibility index (Phi) is 4.00. The highest BCUT2D eigenvalue weighted by Crippen LogP contribution is 1.88. The van der Waals surface area contributed by atoms with Crippen LogP contribution >= 0.6 is 15.9 Å². The number of allylic oxidation sites excluding steroid dienone is 1. The average Bonchev–Trinajstić information content (AvgIpc) is 1.68. The van der Waals surface area contributed by atoms with Gasteiger partial charge in [-0.05, 0) is 28.9 Å². The molecule has 0 aliphatic carbocycles. The second-order valence-electron chi connectivity index (χ2n) is 1.00. The molecule has 0 rings (SSSR count). The molecule has 0 aromatic rings. The zero-order chi connectivity index (χ0) is 5.70. The molecule has 0 aliphatic rings. The van der Waals surface area contributed by atoms with Crippen molar-refractivity contribution in [2.75, 3.05) is 6.54 Å². The Morgan fingerprint density at radius 1 is 2.00 bits per heavy atom. The van der Waals surface area contributed by atoms with Crippen molar-refractivity contribution in [1.82, 2.24) is 0 Å². The Morgan fingerprint density at radius 2 is 2.57 bits per heavy atom. The molecule has 0 spiro atoms. The van der Waals surface area contributed by atoms with Gasteiger partial charge in [0.2, 0.25) is 0 Å². The minimum absolute atomic E-state index is 0.812. The molecule has 0 aromatic heterocycles. The van der Waals surface area contributed by atoms with Gasteiger partial charge in [-0.15, -0.1) is 0 Å². The lowest BCUT2D eigenvalue weighted by Crippen LogP contribution is -1.77. The molecule has 0 bridgehead atoms. The van der Waals surface area contributed by atoms with Crippen LogP contribution in [0.25, 0.3) is 0 Å². The standard InChI is InChI=1S/C5H8BrN/c1-3-5(6)7-4-2/h3H,1,4H2,2H3/b7-5+. The molecule has 40 valence electrons. The van der Waals surface area contributed by atoms with E-state index >= 15 is 0 Å². The molecule has 0 aromatic carbocycles. The maximum absolute atomic E-state index is 3.96. The van der Waals surface area contributed by atoms with E-state index in [4.69, 9.17) is 0 Å². The molecule has 0 radical (unpaired) electrons. The summed E-state index contributed by atoms with van der Waals surface area (Å²) in [6.45, 7) is 6.29. The number of rotatable bonds is 2. The van der Waals surface area contributed by atoms with Crippen LogP contribution in [0, 0.1) is 0 Å². The third-order valence-corrected chi connectivity index (χ3v) is 1.05. The summed E-state index contributed by atoms with van der Waals surface area (Å²) in [5.74, 6) is 0. The SMILES string of the molecule is C=C/C(Br)=N\CC. The quantitative estimate of drug-likeness (QED) is 0.550. The lowest BCUT2D eigenvalue weighted by atomic mass is 10.7. The van der Waals surface area contributed by atoms with E-state index in [0.717, 1.165) is 11.2 Å². The summed E-state index contributed by atoms with van der Waals surface area (Å²) in [4.78, 5) is 3.96. The number of hydrogen-bond acceptors (Lipinski definition) is 1. The van der Waals surface area contributed by atoms with Crippen LogP contribution in [0.5, 0.6) is 0 Å². The van der Waals surface area contributed by atoms with Crippen molar-refractivity contribution in [1.29, 1.82) is 0 Å². The van der Waals surface area contributed by atoms with E-state index in [0.29, 0.717) is 0 Å². The van der Waals surface area contributed by atoms with Gasteiger partial charge in [0.05, 0.1) is 4.62 Å². The van der Waals surface area contributed by atoms with Crippen molar-refractivity contribution in [3.8, 4) is 0 Å². The summed E-state index contributed by atoms with van der Waals surface area (Å²) < 4.78 is 0.829. The van der Waals surface area contributed by atoms with Gasteiger partial charge in [0.25, 0.3) is 0 Å². The van der Waals surface area contributed by atoms with Crippen LogP contribution in [0.2, 0.25) is 0 Å².